The second-order valence-corrected chi connectivity index (χ2v) is 2.77. The zero-order valence-corrected chi connectivity index (χ0v) is 7.90. The molecule has 2 rings (SSSR count). The molecule has 0 atom stereocenters. The van der Waals surface area contributed by atoms with E-state index in [9.17, 15) is 8.78 Å². The Hall–Kier alpha value is -0.900. The van der Waals surface area contributed by atoms with Crippen LogP contribution in [0.5, 0.6) is 5.75 Å². The van der Waals surface area contributed by atoms with Crippen LogP contribution in [-0.4, -0.2) is 34.7 Å². The second-order valence-electron chi connectivity index (χ2n) is 2.77. The predicted molar refractivity (Wildman–Crippen MR) is 61.6 cm³/mol. The van der Waals surface area contributed by atoms with E-state index in [1.54, 1.807) is 24.3 Å². The van der Waals surface area contributed by atoms with Gasteiger partial charge in [-0.15, -0.1) is 0 Å². The van der Waals surface area contributed by atoms with Crippen molar-refractivity contribution >= 4 is 29.6 Å². The fourth-order valence-electron chi connectivity index (χ4n) is 0.858. The molecule has 2 aromatic rings. The molecule has 0 heterocycles. The molecule has 0 aliphatic carbocycles. The van der Waals surface area contributed by atoms with E-state index in [1.165, 1.54) is 0 Å². The van der Waals surface area contributed by atoms with E-state index >= 15 is 0 Å². The van der Waals surface area contributed by atoms with Gasteiger partial charge in [-0.05, 0) is 36.4 Å². The Bertz CT molecular complexity index is 369. The number of hydrogen-bond acceptors (Lipinski definition) is 1. The Labute approximate surface area is 115 Å². The summed E-state index contributed by atoms with van der Waals surface area (Å²) in [6.07, 6.45) is 0. The van der Waals surface area contributed by atoms with Gasteiger partial charge in [0.25, 0.3) is 0 Å². The van der Waals surface area contributed by atoms with Crippen LogP contribution >= 0.6 is 0 Å². The van der Waals surface area contributed by atoms with Crippen molar-refractivity contribution in [3.8, 4) is 5.75 Å². The molecular weight excluding hydrogens is 221 g/mol. The SMILES string of the molecule is Fc1ccc(F)cc1.Oc1ccccc1.[NaH]. The molecule has 0 aromatic heterocycles. The van der Waals surface area contributed by atoms with Crippen LogP contribution in [-0.2, 0) is 0 Å². The van der Waals surface area contributed by atoms with Gasteiger partial charge < -0.3 is 5.11 Å². The van der Waals surface area contributed by atoms with Crippen molar-refractivity contribution in [1.29, 1.82) is 0 Å². The van der Waals surface area contributed by atoms with Crippen molar-refractivity contribution in [3.63, 3.8) is 0 Å². The number of phenols is 1. The minimum atomic E-state index is -0.411. The molecule has 0 amide bonds. The fourth-order valence-corrected chi connectivity index (χ4v) is 0.858. The first-order valence-electron chi connectivity index (χ1n) is 4.33. The van der Waals surface area contributed by atoms with Crippen LogP contribution in [0.25, 0.3) is 0 Å². The molecule has 2 aromatic carbocycles. The van der Waals surface area contributed by atoms with Crippen LogP contribution in [0.15, 0.2) is 54.6 Å². The van der Waals surface area contributed by atoms with Crippen LogP contribution in [0, 0.1) is 11.6 Å². The Morgan fingerprint density at radius 3 is 1.31 bits per heavy atom. The molecule has 0 saturated carbocycles. The molecule has 0 bridgehead atoms. The third-order valence-corrected chi connectivity index (χ3v) is 1.56. The van der Waals surface area contributed by atoms with Gasteiger partial charge in [0.2, 0.25) is 0 Å². The van der Waals surface area contributed by atoms with E-state index in [4.69, 9.17) is 5.11 Å². The normalized spacial score (nSPS) is 8.38. The number of halogens is 2. The molecule has 1 nitrogen and oxygen atoms in total. The van der Waals surface area contributed by atoms with Crippen LogP contribution in [0.1, 0.15) is 0 Å². The quantitative estimate of drug-likeness (QED) is 0.692. The summed E-state index contributed by atoms with van der Waals surface area (Å²) in [4.78, 5) is 0. The monoisotopic (exact) mass is 232 g/mol. The zero-order valence-electron chi connectivity index (χ0n) is 7.90. The van der Waals surface area contributed by atoms with Crippen molar-refractivity contribution in [1.82, 2.24) is 0 Å². The summed E-state index contributed by atoms with van der Waals surface area (Å²) in [6, 6.07) is 13.0. The average Bonchev–Trinajstić information content (AvgIpc) is 2.25. The maximum atomic E-state index is 11.9. The second kappa shape index (κ2) is 8.28. The summed E-state index contributed by atoms with van der Waals surface area (Å²) in [5, 5.41) is 8.63. The molecule has 4 heteroatoms. The topological polar surface area (TPSA) is 20.2 Å². The Kier molecular flexibility index (Phi) is 7.81. The van der Waals surface area contributed by atoms with E-state index in [0.717, 1.165) is 24.3 Å². The van der Waals surface area contributed by atoms with Crippen LogP contribution in [0.3, 0.4) is 0 Å². The summed E-state index contributed by atoms with van der Waals surface area (Å²) >= 11 is 0. The van der Waals surface area contributed by atoms with Crippen LogP contribution in [0.2, 0.25) is 0 Å². The van der Waals surface area contributed by atoms with Gasteiger partial charge in [-0.1, -0.05) is 18.2 Å². The zero-order chi connectivity index (χ0) is 11.1. The average molecular weight is 232 g/mol. The van der Waals surface area contributed by atoms with Crippen molar-refractivity contribution in [3.05, 3.63) is 66.2 Å². The van der Waals surface area contributed by atoms with Crippen LogP contribution < -0.4 is 0 Å². The van der Waals surface area contributed by atoms with Crippen molar-refractivity contribution in [2.75, 3.05) is 0 Å². The molecule has 16 heavy (non-hydrogen) atoms. The Morgan fingerprint density at radius 1 is 0.688 bits per heavy atom. The molecule has 0 saturated heterocycles. The van der Waals surface area contributed by atoms with Gasteiger partial charge in [-0.3, -0.25) is 0 Å². The van der Waals surface area contributed by atoms with Crippen molar-refractivity contribution in [2.24, 2.45) is 0 Å². The Morgan fingerprint density at radius 2 is 1.06 bits per heavy atom. The van der Waals surface area contributed by atoms with Gasteiger partial charge in [-0.2, -0.15) is 0 Å². The van der Waals surface area contributed by atoms with Gasteiger partial charge in [0.15, 0.2) is 0 Å². The van der Waals surface area contributed by atoms with Crippen molar-refractivity contribution < 1.29 is 13.9 Å². The summed E-state index contributed by atoms with van der Waals surface area (Å²) in [7, 11) is 0. The molecule has 0 fully saturated rings. The van der Waals surface area contributed by atoms with Gasteiger partial charge in [0.1, 0.15) is 17.4 Å². The Balaban J connectivity index is 0.000000267. The number of hydrogen-bond donors (Lipinski definition) is 1. The number of aromatic hydroxyl groups is 1. The summed E-state index contributed by atoms with van der Waals surface area (Å²) in [5.41, 5.74) is 0. The first-order valence-corrected chi connectivity index (χ1v) is 4.33. The van der Waals surface area contributed by atoms with Crippen molar-refractivity contribution in [2.45, 2.75) is 0 Å². The first kappa shape index (κ1) is 15.1. The molecule has 80 valence electrons. The maximum absolute atomic E-state index is 11.9. The summed E-state index contributed by atoms with van der Waals surface area (Å²) in [6.45, 7) is 0. The third kappa shape index (κ3) is 6.56. The van der Waals surface area contributed by atoms with E-state index < -0.39 is 11.6 Å². The van der Waals surface area contributed by atoms with Gasteiger partial charge in [-0.25, -0.2) is 8.78 Å². The van der Waals surface area contributed by atoms with Gasteiger partial charge in [0.05, 0.1) is 0 Å². The van der Waals surface area contributed by atoms with E-state index in [1.807, 2.05) is 6.07 Å². The number of benzene rings is 2. The molecule has 0 spiro atoms. The summed E-state index contributed by atoms with van der Waals surface area (Å²) < 4.78 is 23.8. The van der Waals surface area contributed by atoms with Gasteiger partial charge >= 0.3 is 29.6 Å². The van der Waals surface area contributed by atoms with Gasteiger partial charge in [0, 0.05) is 0 Å². The molecule has 0 aliphatic heterocycles. The van der Waals surface area contributed by atoms with E-state index in [0.29, 0.717) is 5.75 Å². The minimum absolute atomic E-state index is 0. The first-order chi connectivity index (χ1) is 7.18. The molecule has 0 radical (unpaired) electrons. The summed E-state index contributed by atoms with van der Waals surface area (Å²) in [5.74, 6) is -0.500. The molecule has 1 N–H and O–H groups in total. The predicted octanol–water partition coefficient (Wildman–Crippen LogP) is 2.71. The van der Waals surface area contributed by atoms with E-state index in [2.05, 4.69) is 0 Å². The number of phenolic OH excluding ortho intramolecular Hbond substituents is 1. The molecule has 0 aliphatic rings. The standard InChI is InChI=1S/C6H4F2.C6H6O.Na.H/c7-5-1-2-6(8)4-3-5;7-6-4-2-1-3-5-6;;/h1-4H;1-5,7H;;. The number of para-hydroxylation sites is 1. The number of rotatable bonds is 0. The molecular formula is C12H11F2NaO. The third-order valence-electron chi connectivity index (χ3n) is 1.56. The molecule has 0 unspecified atom stereocenters. The van der Waals surface area contributed by atoms with Crippen LogP contribution in [0.4, 0.5) is 8.78 Å². The van der Waals surface area contributed by atoms with E-state index in [-0.39, 0.29) is 29.6 Å². The fraction of sp³-hybridized carbons (Fsp3) is 0.